The van der Waals surface area contributed by atoms with Gasteiger partial charge in [0.15, 0.2) is 0 Å². The van der Waals surface area contributed by atoms with Gasteiger partial charge in [-0.2, -0.15) is 26.3 Å². The fraction of sp³-hybridized carbons (Fsp3) is 0.259. The number of hydrogen-bond acceptors (Lipinski definition) is 2. The predicted octanol–water partition coefficient (Wildman–Crippen LogP) is 6.59. The lowest BCUT2D eigenvalue weighted by Gasteiger charge is -2.36. The summed E-state index contributed by atoms with van der Waals surface area (Å²) in [6, 6.07) is 19.1. The maximum absolute atomic E-state index is 13.3. The van der Waals surface area contributed by atoms with Crippen molar-refractivity contribution >= 4 is 11.7 Å². The van der Waals surface area contributed by atoms with Crippen molar-refractivity contribution in [2.45, 2.75) is 24.7 Å². The Kier molecular flexibility index (Phi) is 6.93. The van der Waals surface area contributed by atoms with E-state index in [1.807, 2.05) is 60.7 Å². The third kappa shape index (κ3) is 5.45. The fourth-order valence-electron chi connectivity index (χ4n) is 4.58. The van der Waals surface area contributed by atoms with Crippen LogP contribution in [0.3, 0.4) is 0 Å². The zero-order chi connectivity index (χ0) is 26.1. The maximum atomic E-state index is 13.3. The second-order valence-corrected chi connectivity index (χ2v) is 8.67. The van der Waals surface area contributed by atoms with E-state index in [0.29, 0.717) is 12.1 Å². The number of ketones is 1. The van der Waals surface area contributed by atoms with Crippen LogP contribution in [-0.4, -0.2) is 29.7 Å². The molecule has 1 saturated heterocycles. The van der Waals surface area contributed by atoms with Gasteiger partial charge < -0.3 is 4.90 Å². The molecule has 188 valence electrons. The zero-order valence-electron chi connectivity index (χ0n) is 18.8. The van der Waals surface area contributed by atoms with E-state index in [4.69, 9.17) is 0 Å². The molecule has 0 bridgehead atoms. The number of likely N-dealkylation sites (tertiary alicyclic amines) is 1. The van der Waals surface area contributed by atoms with Gasteiger partial charge in [0, 0.05) is 36.9 Å². The molecular weight excluding hydrogens is 484 g/mol. The molecule has 1 unspecified atom stereocenters. The van der Waals surface area contributed by atoms with Gasteiger partial charge in [-0.1, -0.05) is 60.7 Å². The molecule has 0 aromatic heterocycles. The summed E-state index contributed by atoms with van der Waals surface area (Å²) in [5.74, 6) is -2.27. The summed E-state index contributed by atoms with van der Waals surface area (Å²) < 4.78 is 79.8. The van der Waals surface area contributed by atoms with Crippen molar-refractivity contribution in [3.63, 3.8) is 0 Å². The third-order valence-electron chi connectivity index (χ3n) is 6.30. The highest BCUT2D eigenvalue weighted by atomic mass is 19.4. The van der Waals surface area contributed by atoms with E-state index >= 15 is 0 Å². The van der Waals surface area contributed by atoms with E-state index in [0.717, 1.165) is 11.1 Å². The number of carbonyl (C=O) groups is 2. The molecule has 0 saturated carbocycles. The van der Waals surface area contributed by atoms with Gasteiger partial charge in [-0.05, 0) is 29.3 Å². The van der Waals surface area contributed by atoms with Crippen LogP contribution in [0, 0.1) is 5.92 Å². The maximum Gasteiger partial charge on any atom is 0.416 e. The van der Waals surface area contributed by atoms with Crippen LogP contribution in [0.2, 0.25) is 0 Å². The summed E-state index contributed by atoms with van der Waals surface area (Å²) >= 11 is 0. The van der Waals surface area contributed by atoms with E-state index in [1.54, 1.807) is 0 Å². The first-order chi connectivity index (χ1) is 16.9. The monoisotopic (exact) mass is 505 g/mol. The lowest BCUT2D eigenvalue weighted by molar-refractivity contribution is -0.143. The molecule has 9 heteroatoms. The summed E-state index contributed by atoms with van der Waals surface area (Å²) in [6.07, 6.45) is -10.2. The van der Waals surface area contributed by atoms with Gasteiger partial charge in [-0.25, -0.2) is 0 Å². The number of hydrogen-bond donors (Lipinski definition) is 0. The van der Waals surface area contributed by atoms with Gasteiger partial charge in [-0.15, -0.1) is 0 Å². The van der Waals surface area contributed by atoms with E-state index < -0.39 is 46.8 Å². The normalized spacial score (nSPS) is 16.9. The van der Waals surface area contributed by atoms with Gasteiger partial charge in [0.2, 0.25) is 0 Å². The first-order valence-electron chi connectivity index (χ1n) is 11.2. The zero-order valence-corrected chi connectivity index (χ0v) is 18.8. The molecule has 1 fully saturated rings. The summed E-state index contributed by atoms with van der Waals surface area (Å²) in [5, 5.41) is 0. The van der Waals surface area contributed by atoms with Gasteiger partial charge in [0.25, 0.3) is 5.91 Å². The smallest absolute Gasteiger partial charge is 0.337 e. The van der Waals surface area contributed by atoms with Crippen LogP contribution in [0.25, 0.3) is 0 Å². The third-order valence-corrected chi connectivity index (χ3v) is 6.30. The molecule has 1 aliphatic rings. The van der Waals surface area contributed by atoms with Crippen molar-refractivity contribution < 1.29 is 35.9 Å². The molecule has 4 rings (SSSR count). The molecule has 1 heterocycles. The number of alkyl halides is 6. The van der Waals surface area contributed by atoms with Crippen LogP contribution in [0.4, 0.5) is 26.3 Å². The Hall–Kier alpha value is -3.62. The summed E-state index contributed by atoms with van der Waals surface area (Å²) in [6.45, 7) is -0.230. The molecule has 3 aromatic rings. The van der Waals surface area contributed by atoms with E-state index in [9.17, 15) is 35.9 Å². The molecule has 36 heavy (non-hydrogen) atoms. The summed E-state index contributed by atoms with van der Waals surface area (Å²) in [4.78, 5) is 27.4. The highest BCUT2D eigenvalue weighted by molar-refractivity contribution is 5.96. The minimum Gasteiger partial charge on any atom is -0.337 e. The Morgan fingerprint density at radius 2 is 1.25 bits per heavy atom. The van der Waals surface area contributed by atoms with E-state index in [-0.39, 0.29) is 31.4 Å². The van der Waals surface area contributed by atoms with E-state index in [2.05, 4.69) is 0 Å². The minimum atomic E-state index is -5.07. The van der Waals surface area contributed by atoms with Crippen molar-refractivity contribution in [2.24, 2.45) is 5.92 Å². The molecule has 0 radical (unpaired) electrons. The summed E-state index contributed by atoms with van der Waals surface area (Å²) in [7, 11) is 0. The molecule has 3 nitrogen and oxygen atoms in total. The van der Waals surface area contributed by atoms with Crippen molar-refractivity contribution in [3.8, 4) is 0 Å². The van der Waals surface area contributed by atoms with Crippen LogP contribution >= 0.6 is 0 Å². The number of nitrogens with zero attached hydrogens (tertiary/aromatic N) is 1. The number of carbonyl (C=O) groups excluding carboxylic acids is 2. The number of halogens is 6. The number of amides is 1. The molecule has 0 N–H and O–H groups in total. The molecule has 0 aliphatic carbocycles. The lowest BCUT2D eigenvalue weighted by atomic mass is 9.76. The molecule has 1 amide bonds. The first-order valence-corrected chi connectivity index (χ1v) is 11.2. The Bertz CT molecular complexity index is 1170. The molecule has 1 atom stereocenters. The van der Waals surface area contributed by atoms with Crippen molar-refractivity contribution in [1.29, 1.82) is 0 Å². The molecule has 1 aliphatic heterocycles. The largest absolute Gasteiger partial charge is 0.416 e. The average molecular weight is 505 g/mol. The van der Waals surface area contributed by atoms with Gasteiger partial charge in [0.1, 0.15) is 5.78 Å². The van der Waals surface area contributed by atoms with Crippen LogP contribution in [0.15, 0.2) is 78.9 Å². The Morgan fingerprint density at radius 1 is 0.778 bits per heavy atom. The van der Waals surface area contributed by atoms with Crippen LogP contribution < -0.4 is 0 Å². The highest BCUT2D eigenvalue weighted by Gasteiger charge is 2.40. The number of rotatable bonds is 4. The van der Waals surface area contributed by atoms with E-state index in [1.165, 1.54) is 4.90 Å². The standard InChI is InChI=1S/C27H21F6NO2/c28-26(29,30)20-13-19(14-21(15-20)27(31,32)33)25(36)34-12-11-23(35)22(16-34)24(17-7-3-1-4-8-17)18-9-5-2-6-10-18/h1-10,13-15,22,24H,11-12,16H2. The predicted molar refractivity (Wildman–Crippen MR) is 120 cm³/mol. The highest BCUT2D eigenvalue weighted by Crippen LogP contribution is 2.38. The second kappa shape index (κ2) is 9.79. The van der Waals surface area contributed by atoms with Gasteiger partial charge >= 0.3 is 12.4 Å². The Labute approximate surface area is 203 Å². The fourth-order valence-corrected chi connectivity index (χ4v) is 4.58. The quantitative estimate of drug-likeness (QED) is 0.376. The molecular formula is C27H21F6NO2. The van der Waals surface area contributed by atoms with Crippen LogP contribution in [-0.2, 0) is 17.1 Å². The van der Waals surface area contributed by atoms with Crippen molar-refractivity contribution in [1.82, 2.24) is 4.90 Å². The number of benzene rings is 3. The minimum absolute atomic E-state index is 0.0137. The Balaban J connectivity index is 1.71. The average Bonchev–Trinajstić information content (AvgIpc) is 2.85. The number of Topliss-reactive ketones (excluding diaryl/α,β-unsaturated/α-hetero) is 1. The topological polar surface area (TPSA) is 37.4 Å². The first kappa shape index (κ1) is 25.5. The van der Waals surface area contributed by atoms with Crippen LogP contribution in [0.1, 0.15) is 45.0 Å². The van der Waals surface area contributed by atoms with Crippen molar-refractivity contribution in [3.05, 3.63) is 107 Å². The SMILES string of the molecule is O=C1CCN(C(=O)c2cc(C(F)(F)F)cc(C(F)(F)F)c2)CC1C(c1ccccc1)c1ccccc1. The summed E-state index contributed by atoms with van der Waals surface area (Å²) in [5.41, 5.74) is -2.21. The second-order valence-electron chi connectivity index (χ2n) is 8.67. The van der Waals surface area contributed by atoms with Crippen molar-refractivity contribution in [2.75, 3.05) is 13.1 Å². The molecule has 0 spiro atoms. The number of piperidine rings is 1. The Morgan fingerprint density at radius 3 is 1.69 bits per heavy atom. The molecule has 3 aromatic carbocycles. The lowest BCUT2D eigenvalue weighted by Crippen LogP contribution is -2.46. The van der Waals surface area contributed by atoms with Gasteiger partial charge in [-0.3, -0.25) is 9.59 Å². The van der Waals surface area contributed by atoms with Crippen LogP contribution in [0.5, 0.6) is 0 Å². The van der Waals surface area contributed by atoms with Gasteiger partial charge in [0.05, 0.1) is 11.1 Å².